The highest BCUT2D eigenvalue weighted by Crippen LogP contribution is 2.76. The Morgan fingerprint density at radius 2 is 1.92 bits per heavy atom. The van der Waals surface area contributed by atoms with Crippen molar-refractivity contribution in [2.45, 2.75) is 81.8 Å². The van der Waals surface area contributed by atoms with Crippen molar-refractivity contribution in [3.63, 3.8) is 0 Å². The number of nitrogens with one attached hydrogen (secondary N) is 1. The van der Waals surface area contributed by atoms with Crippen LogP contribution in [0.2, 0.25) is 0 Å². The fourth-order valence-corrected chi connectivity index (χ4v) is 6.68. The van der Waals surface area contributed by atoms with E-state index in [2.05, 4.69) is 31.0 Å². The van der Waals surface area contributed by atoms with Gasteiger partial charge in [0.15, 0.2) is 0 Å². The minimum absolute atomic E-state index is 0.0186. The summed E-state index contributed by atoms with van der Waals surface area (Å²) in [5.74, 6) is -2.50. The predicted octanol–water partition coefficient (Wildman–Crippen LogP) is 0.846. The van der Waals surface area contributed by atoms with Crippen LogP contribution in [-0.4, -0.2) is 83.0 Å². The minimum atomic E-state index is -4.86. The van der Waals surface area contributed by atoms with Crippen molar-refractivity contribution in [1.82, 2.24) is 15.1 Å². The Labute approximate surface area is 212 Å². The molecule has 0 bridgehead atoms. The zero-order valence-electron chi connectivity index (χ0n) is 21.1. The largest absolute Gasteiger partial charge is 0.470 e. The highest BCUT2D eigenvalue weighted by Gasteiger charge is 2.90. The van der Waals surface area contributed by atoms with Gasteiger partial charge in [-0.25, -0.2) is 0 Å². The van der Waals surface area contributed by atoms with Gasteiger partial charge in [-0.1, -0.05) is 13.8 Å². The standard InChI is InChI=1S/C22H30N4O4.C2H2F3NO/c1-20(2)15-12-25(16(27)10-21(30-3)6-7-21)17-19(29)26(22(15,17)20)14(11-23)9-13-5-4-8-24-18(13)28;3-2(4,5)1(6)7/h13-15,17H,4-10,12H2,1-3H3,(H,24,28);(H2,6,7). The van der Waals surface area contributed by atoms with Crippen LogP contribution in [0.4, 0.5) is 13.2 Å². The fraction of sp³-hybridized carbons (Fsp3) is 0.792. The molecule has 0 radical (unpaired) electrons. The topological polar surface area (TPSA) is 146 Å². The first-order valence-electron chi connectivity index (χ1n) is 12.4. The summed E-state index contributed by atoms with van der Waals surface area (Å²) in [5, 5.41) is 12.8. The second-order valence-corrected chi connectivity index (χ2v) is 11.2. The van der Waals surface area contributed by atoms with Crippen LogP contribution >= 0.6 is 0 Å². The van der Waals surface area contributed by atoms with E-state index in [1.807, 2.05) is 0 Å². The Balaban J connectivity index is 0.000000405. The van der Waals surface area contributed by atoms with E-state index in [-0.39, 0.29) is 40.6 Å². The molecule has 5 unspecified atom stereocenters. The number of hydrogen-bond donors (Lipinski definition) is 2. The molecule has 5 aliphatic rings. The maximum Gasteiger partial charge on any atom is 0.470 e. The maximum atomic E-state index is 13.3. The predicted molar refractivity (Wildman–Crippen MR) is 121 cm³/mol. The molecule has 3 heterocycles. The number of rotatable bonds is 6. The lowest BCUT2D eigenvalue weighted by Crippen LogP contribution is -2.75. The monoisotopic (exact) mass is 527 g/mol. The number of nitrogens with two attached hydrogens (primary N) is 1. The number of piperidine rings is 2. The van der Waals surface area contributed by atoms with Gasteiger partial charge in [-0.05, 0) is 37.5 Å². The molecule has 5 fully saturated rings. The molecule has 37 heavy (non-hydrogen) atoms. The first-order chi connectivity index (χ1) is 17.2. The molecule has 204 valence electrons. The number of ether oxygens (including phenoxy) is 1. The molecule has 0 aromatic heterocycles. The first kappa shape index (κ1) is 27.2. The van der Waals surface area contributed by atoms with Gasteiger partial charge in [0.2, 0.25) is 17.7 Å². The van der Waals surface area contributed by atoms with E-state index in [0.29, 0.717) is 25.9 Å². The number of nitriles is 1. The summed E-state index contributed by atoms with van der Waals surface area (Å²) < 4.78 is 37.6. The number of nitrogens with zero attached hydrogens (tertiary/aromatic N) is 3. The van der Waals surface area contributed by atoms with E-state index in [0.717, 1.165) is 25.7 Å². The van der Waals surface area contributed by atoms with Gasteiger partial charge in [0.1, 0.15) is 12.1 Å². The van der Waals surface area contributed by atoms with Crippen molar-refractivity contribution in [1.29, 1.82) is 5.26 Å². The zero-order valence-corrected chi connectivity index (χ0v) is 21.1. The highest BCUT2D eigenvalue weighted by atomic mass is 19.4. The van der Waals surface area contributed by atoms with E-state index in [1.54, 1.807) is 16.9 Å². The quantitative estimate of drug-likeness (QED) is 0.490. The van der Waals surface area contributed by atoms with Gasteiger partial charge in [-0.3, -0.25) is 19.2 Å². The molecule has 4 amide bonds. The second-order valence-electron chi connectivity index (χ2n) is 11.2. The minimum Gasteiger partial charge on any atom is -0.378 e. The third-order valence-corrected chi connectivity index (χ3v) is 9.01. The normalized spacial score (nSPS) is 32.9. The molecular weight excluding hydrogens is 495 g/mol. The smallest absolute Gasteiger partial charge is 0.378 e. The Morgan fingerprint density at radius 1 is 1.30 bits per heavy atom. The van der Waals surface area contributed by atoms with E-state index in [1.165, 1.54) is 0 Å². The van der Waals surface area contributed by atoms with Crippen molar-refractivity contribution in [3.05, 3.63) is 0 Å². The van der Waals surface area contributed by atoms with E-state index in [9.17, 15) is 32.8 Å². The summed E-state index contributed by atoms with van der Waals surface area (Å²) in [7, 11) is 1.64. The van der Waals surface area contributed by atoms with Gasteiger partial charge in [0.05, 0.1) is 23.6 Å². The molecule has 3 saturated heterocycles. The van der Waals surface area contributed by atoms with Crippen LogP contribution in [0.5, 0.6) is 0 Å². The number of amides is 4. The lowest BCUT2D eigenvalue weighted by Gasteiger charge is -2.53. The van der Waals surface area contributed by atoms with Crippen LogP contribution in [0.25, 0.3) is 0 Å². The Bertz CT molecular complexity index is 1050. The van der Waals surface area contributed by atoms with Gasteiger partial charge in [0.25, 0.3) is 0 Å². The van der Waals surface area contributed by atoms with Gasteiger partial charge in [-0.2, -0.15) is 18.4 Å². The summed E-state index contributed by atoms with van der Waals surface area (Å²) in [6.07, 6.45) is -0.763. The first-order valence-corrected chi connectivity index (χ1v) is 12.4. The molecule has 3 aliphatic heterocycles. The lowest BCUT2D eigenvalue weighted by atomic mass is 9.81. The summed E-state index contributed by atoms with van der Waals surface area (Å²) in [5.41, 5.74) is 2.86. The highest BCUT2D eigenvalue weighted by molar-refractivity contribution is 5.99. The number of alkyl halides is 3. The third kappa shape index (κ3) is 4.13. The molecule has 5 rings (SSSR count). The van der Waals surface area contributed by atoms with Crippen LogP contribution in [-0.2, 0) is 23.9 Å². The van der Waals surface area contributed by atoms with Gasteiger partial charge in [0, 0.05) is 32.0 Å². The van der Waals surface area contributed by atoms with Crippen LogP contribution in [0.3, 0.4) is 0 Å². The van der Waals surface area contributed by atoms with Gasteiger partial charge in [-0.15, -0.1) is 0 Å². The molecule has 5 atom stereocenters. The molecule has 2 aliphatic carbocycles. The van der Waals surface area contributed by atoms with Crippen LogP contribution in [0.1, 0.15) is 52.4 Å². The summed E-state index contributed by atoms with van der Waals surface area (Å²) in [4.78, 5) is 51.2. The average molecular weight is 528 g/mol. The maximum absolute atomic E-state index is 13.3. The number of hydrogen-bond acceptors (Lipinski definition) is 6. The summed E-state index contributed by atoms with van der Waals surface area (Å²) >= 11 is 0. The Morgan fingerprint density at radius 3 is 2.41 bits per heavy atom. The SMILES string of the molecule is COC1(CC(=O)N2CC3C(C)(C)C34C2C(=O)N4C(C#N)CC2CCCNC2=O)CC1.NC(=O)C(F)(F)F. The molecule has 13 heteroatoms. The molecule has 3 N–H and O–H groups in total. The van der Waals surface area contributed by atoms with Crippen molar-refractivity contribution in [3.8, 4) is 6.07 Å². The third-order valence-electron chi connectivity index (χ3n) is 9.01. The van der Waals surface area contributed by atoms with Crippen molar-refractivity contribution in [2.75, 3.05) is 20.2 Å². The van der Waals surface area contributed by atoms with E-state index in [4.69, 9.17) is 9.53 Å². The zero-order chi connectivity index (χ0) is 27.6. The van der Waals surface area contributed by atoms with Crippen LogP contribution in [0, 0.1) is 28.6 Å². The van der Waals surface area contributed by atoms with Gasteiger partial charge >= 0.3 is 12.1 Å². The molecule has 10 nitrogen and oxygen atoms in total. The molecule has 2 saturated carbocycles. The molecular formula is C24H32F3N5O5. The molecule has 0 aromatic rings. The van der Waals surface area contributed by atoms with Crippen LogP contribution < -0.4 is 11.1 Å². The lowest BCUT2D eigenvalue weighted by molar-refractivity contribution is -0.171. The average Bonchev–Trinajstić information content (AvgIpc) is 3.64. The summed E-state index contributed by atoms with van der Waals surface area (Å²) in [6, 6.07) is 1.20. The van der Waals surface area contributed by atoms with E-state index < -0.39 is 29.7 Å². The number of likely N-dealkylation sites (tertiary alicyclic amines) is 2. The van der Waals surface area contributed by atoms with Crippen molar-refractivity contribution >= 4 is 23.6 Å². The fourth-order valence-electron chi connectivity index (χ4n) is 6.68. The van der Waals surface area contributed by atoms with Crippen molar-refractivity contribution < 1.29 is 37.1 Å². The second kappa shape index (κ2) is 8.85. The van der Waals surface area contributed by atoms with Gasteiger partial charge < -0.3 is 25.6 Å². The van der Waals surface area contributed by atoms with E-state index >= 15 is 0 Å². The number of halogens is 3. The number of β-lactam (4-membered cyclic amide) rings is 1. The van der Waals surface area contributed by atoms with Crippen molar-refractivity contribution in [2.24, 2.45) is 23.0 Å². The Hall–Kier alpha value is -2.88. The molecule has 1 spiro atoms. The molecule has 0 aromatic carbocycles. The van der Waals surface area contributed by atoms with Crippen LogP contribution in [0.15, 0.2) is 0 Å². The number of methoxy groups -OCH3 is 1. The number of carbonyl (C=O) groups is 4. The summed E-state index contributed by atoms with van der Waals surface area (Å²) in [6.45, 7) is 5.49. The Kier molecular flexibility index (Phi) is 6.50. The number of primary amides is 1. The number of carbonyl (C=O) groups excluding carboxylic acids is 4.